The molecule has 0 aliphatic carbocycles. The van der Waals surface area contributed by atoms with Gasteiger partial charge < -0.3 is 14.6 Å². The van der Waals surface area contributed by atoms with Gasteiger partial charge in [0, 0.05) is 42.0 Å². The molecule has 1 N–H and O–H groups in total. The smallest absolute Gasteiger partial charge is 0.242 e. The number of nitriles is 1. The van der Waals surface area contributed by atoms with E-state index in [9.17, 15) is 4.79 Å². The second kappa shape index (κ2) is 7.39. The van der Waals surface area contributed by atoms with Crippen LogP contribution in [0.15, 0.2) is 24.5 Å². The Labute approximate surface area is 173 Å². The number of ether oxygens (including phenoxy) is 1. The summed E-state index contributed by atoms with van der Waals surface area (Å²) in [5, 5.41) is 9.98. The first-order chi connectivity index (χ1) is 14.7. The molecule has 5 rings (SSSR count). The van der Waals surface area contributed by atoms with Crippen LogP contribution in [-0.4, -0.2) is 58.2 Å². The Morgan fingerprint density at radius 1 is 1.37 bits per heavy atom. The lowest BCUT2D eigenvalue weighted by molar-refractivity contribution is -0.117. The third-order valence-corrected chi connectivity index (χ3v) is 5.69. The Hall–Kier alpha value is -3.51. The van der Waals surface area contributed by atoms with E-state index in [2.05, 4.69) is 21.8 Å². The van der Waals surface area contributed by atoms with Crippen LogP contribution in [0.5, 0.6) is 0 Å². The molecule has 0 aromatic carbocycles. The minimum absolute atomic E-state index is 0.124. The van der Waals surface area contributed by atoms with Gasteiger partial charge >= 0.3 is 0 Å². The molecule has 1 saturated heterocycles. The molecule has 1 fully saturated rings. The second-order valence-electron chi connectivity index (χ2n) is 7.52. The van der Waals surface area contributed by atoms with Gasteiger partial charge in [0.2, 0.25) is 11.9 Å². The van der Waals surface area contributed by atoms with Crippen LogP contribution in [-0.2, 0) is 16.0 Å². The van der Waals surface area contributed by atoms with E-state index in [0.29, 0.717) is 44.5 Å². The third-order valence-electron chi connectivity index (χ3n) is 5.69. The first-order valence-electron chi connectivity index (χ1n) is 10.0. The maximum atomic E-state index is 12.6. The Balaban J connectivity index is 1.70. The fraction of sp³-hybridized carbons (Fsp3) is 0.381. The standard InChI is InChI=1S/C21H21N7O2/c1-13-12-30-11-10-27(13)21-25-18(14-3-7-23-19-15(14)4-8-24-19)16-5-9-28(20(16)26-21)17(29)2-6-22/h3-4,7-8,13H,2,5,9-12H2,1H3,(H,23,24)/t13-/m1/s1. The fourth-order valence-electron chi connectivity index (χ4n) is 4.19. The van der Waals surface area contributed by atoms with Gasteiger partial charge in [0.15, 0.2) is 0 Å². The normalized spacial score (nSPS) is 18.5. The van der Waals surface area contributed by atoms with Crippen molar-refractivity contribution in [1.82, 2.24) is 19.9 Å². The van der Waals surface area contributed by atoms with Gasteiger partial charge in [-0.3, -0.25) is 9.69 Å². The van der Waals surface area contributed by atoms with Gasteiger partial charge in [-0.25, -0.2) is 9.97 Å². The van der Waals surface area contributed by atoms with E-state index >= 15 is 0 Å². The lowest BCUT2D eigenvalue weighted by Crippen LogP contribution is -2.44. The maximum absolute atomic E-state index is 12.6. The van der Waals surface area contributed by atoms with E-state index in [1.807, 2.05) is 24.4 Å². The minimum atomic E-state index is -0.233. The number of nitrogens with one attached hydrogen (secondary N) is 1. The average Bonchev–Trinajstić information content (AvgIpc) is 3.40. The number of carbonyl (C=O) groups excluding carboxylic acids is 1. The molecular formula is C21H21N7O2. The fourth-order valence-corrected chi connectivity index (χ4v) is 4.19. The van der Waals surface area contributed by atoms with Gasteiger partial charge in [0.1, 0.15) is 17.9 Å². The van der Waals surface area contributed by atoms with Gasteiger partial charge in [-0.2, -0.15) is 10.2 Å². The van der Waals surface area contributed by atoms with Gasteiger partial charge in [0.05, 0.1) is 31.0 Å². The Morgan fingerprint density at radius 3 is 3.10 bits per heavy atom. The minimum Gasteiger partial charge on any atom is -0.377 e. The summed E-state index contributed by atoms with van der Waals surface area (Å²) < 4.78 is 5.57. The highest BCUT2D eigenvalue weighted by atomic mass is 16.5. The maximum Gasteiger partial charge on any atom is 0.242 e. The molecule has 0 bridgehead atoms. The summed E-state index contributed by atoms with van der Waals surface area (Å²) in [6.45, 7) is 4.46. The van der Waals surface area contributed by atoms with E-state index in [4.69, 9.17) is 20.0 Å². The average molecular weight is 403 g/mol. The molecule has 9 heteroatoms. The van der Waals surface area contributed by atoms with Crippen LogP contribution in [0.2, 0.25) is 0 Å². The van der Waals surface area contributed by atoms with Gasteiger partial charge in [-0.15, -0.1) is 0 Å². The summed E-state index contributed by atoms with van der Waals surface area (Å²) in [5.74, 6) is 0.953. The molecule has 0 unspecified atom stereocenters. The van der Waals surface area contributed by atoms with Crippen molar-refractivity contribution >= 4 is 28.7 Å². The summed E-state index contributed by atoms with van der Waals surface area (Å²) in [6, 6.07) is 6.01. The third kappa shape index (κ3) is 2.97. The zero-order valence-electron chi connectivity index (χ0n) is 16.6. The van der Waals surface area contributed by atoms with Crippen molar-refractivity contribution in [2.24, 2.45) is 0 Å². The summed E-state index contributed by atoms with van der Waals surface area (Å²) in [5.41, 5.74) is 3.49. The number of aromatic nitrogens is 4. The van der Waals surface area contributed by atoms with Crippen molar-refractivity contribution in [3.05, 3.63) is 30.1 Å². The number of amides is 1. The highest BCUT2D eigenvalue weighted by Gasteiger charge is 2.32. The van der Waals surface area contributed by atoms with Gasteiger partial charge in [-0.05, 0) is 25.5 Å². The molecular weight excluding hydrogens is 382 g/mol. The van der Waals surface area contributed by atoms with Crippen molar-refractivity contribution < 1.29 is 9.53 Å². The van der Waals surface area contributed by atoms with Crippen LogP contribution in [0.4, 0.5) is 11.8 Å². The summed E-state index contributed by atoms with van der Waals surface area (Å²) in [6.07, 6.45) is 4.10. The quantitative estimate of drug-likeness (QED) is 0.712. The van der Waals surface area contributed by atoms with E-state index in [-0.39, 0.29) is 18.4 Å². The first kappa shape index (κ1) is 18.5. The zero-order chi connectivity index (χ0) is 20.7. The number of carbonyl (C=O) groups is 1. The van der Waals surface area contributed by atoms with Crippen LogP contribution < -0.4 is 9.80 Å². The molecule has 9 nitrogen and oxygen atoms in total. The number of anilines is 2. The molecule has 1 atom stereocenters. The monoisotopic (exact) mass is 403 g/mol. The number of H-pyrrole nitrogens is 1. The van der Waals surface area contributed by atoms with Crippen LogP contribution in [0.1, 0.15) is 18.9 Å². The molecule has 5 heterocycles. The lowest BCUT2D eigenvalue weighted by atomic mass is 10.0. The molecule has 2 aliphatic heterocycles. The molecule has 0 spiro atoms. The SMILES string of the molecule is C[C@@H]1COCCN1c1nc(-c2ccnc3[nH]ccc23)c2c(n1)N(C(=O)CC#N)CC2. The second-order valence-corrected chi connectivity index (χ2v) is 7.52. The van der Waals surface area contributed by atoms with Crippen molar-refractivity contribution in [3.8, 4) is 17.3 Å². The molecule has 3 aromatic heterocycles. The van der Waals surface area contributed by atoms with Gasteiger partial charge in [-0.1, -0.05) is 0 Å². The van der Waals surface area contributed by atoms with Crippen molar-refractivity contribution in [2.45, 2.75) is 25.8 Å². The molecule has 152 valence electrons. The molecule has 3 aromatic rings. The number of rotatable bonds is 3. The van der Waals surface area contributed by atoms with Crippen molar-refractivity contribution in [2.75, 3.05) is 36.1 Å². The number of aromatic amines is 1. The van der Waals surface area contributed by atoms with E-state index in [1.54, 1.807) is 11.1 Å². The molecule has 30 heavy (non-hydrogen) atoms. The summed E-state index contributed by atoms with van der Waals surface area (Å²) >= 11 is 0. The van der Waals surface area contributed by atoms with Gasteiger partial charge in [0.25, 0.3) is 0 Å². The molecule has 2 aliphatic rings. The number of hydrogen-bond donors (Lipinski definition) is 1. The molecule has 0 saturated carbocycles. The van der Waals surface area contributed by atoms with E-state index < -0.39 is 0 Å². The Morgan fingerprint density at radius 2 is 2.27 bits per heavy atom. The topological polar surface area (TPSA) is 111 Å². The number of fused-ring (bicyclic) bond motifs is 2. The van der Waals surface area contributed by atoms with Crippen LogP contribution in [0.25, 0.3) is 22.3 Å². The van der Waals surface area contributed by atoms with Crippen LogP contribution >= 0.6 is 0 Å². The zero-order valence-corrected chi connectivity index (χ0v) is 16.6. The number of morpholine rings is 1. The highest BCUT2D eigenvalue weighted by molar-refractivity contribution is 5.99. The summed E-state index contributed by atoms with van der Waals surface area (Å²) in [4.78, 5) is 33.6. The van der Waals surface area contributed by atoms with Crippen molar-refractivity contribution in [1.29, 1.82) is 5.26 Å². The number of pyridine rings is 1. The summed E-state index contributed by atoms with van der Waals surface area (Å²) in [7, 11) is 0. The van der Waals surface area contributed by atoms with Crippen LogP contribution in [0, 0.1) is 11.3 Å². The molecule has 1 amide bonds. The van der Waals surface area contributed by atoms with Crippen LogP contribution in [0.3, 0.4) is 0 Å². The highest BCUT2D eigenvalue weighted by Crippen LogP contribution is 2.38. The lowest BCUT2D eigenvalue weighted by Gasteiger charge is -2.34. The van der Waals surface area contributed by atoms with E-state index in [0.717, 1.165) is 27.9 Å². The Bertz CT molecular complexity index is 1170. The first-order valence-corrected chi connectivity index (χ1v) is 10.0. The largest absolute Gasteiger partial charge is 0.377 e. The predicted molar refractivity (Wildman–Crippen MR) is 111 cm³/mol. The number of nitrogens with zero attached hydrogens (tertiary/aromatic N) is 6. The van der Waals surface area contributed by atoms with Crippen molar-refractivity contribution in [3.63, 3.8) is 0 Å². The Kier molecular flexibility index (Phi) is 4.56. The molecule has 0 radical (unpaired) electrons. The predicted octanol–water partition coefficient (Wildman–Crippen LogP) is 2.05. The van der Waals surface area contributed by atoms with E-state index in [1.165, 1.54) is 0 Å². The number of hydrogen-bond acceptors (Lipinski definition) is 7.